The topological polar surface area (TPSA) is 64.3 Å². The molecule has 4 aromatic rings. The van der Waals surface area contributed by atoms with E-state index in [0.717, 1.165) is 23.3 Å². The second kappa shape index (κ2) is 8.98. The quantitative estimate of drug-likeness (QED) is 0.372. The molecule has 0 aliphatic rings. The summed E-state index contributed by atoms with van der Waals surface area (Å²) in [4.78, 5) is 18.0. The normalized spacial score (nSPS) is 12.7. The van der Waals surface area contributed by atoms with Gasteiger partial charge in [0.15, 0.2) is 0 Å². The number of nitrogens with zero attached hydrogens (tertiary/aromatic N) is 2. The van der Waals surface area contributed by atoms with Gasteiger partial charge in [-0.3, -0.25) is 9.36 Å². The van der Waals surface area contributed by atoms with Gasteiger partial charge in [-0.05, 0) is 29.8 Å². The molecule has 0 unspecified atom stereocenters. The highest BCUT2D eigenvalue weighted by atomic mass is 19.4. The predicted octanol–water partition coefficient (Wildman–Crippen LogP) is 5.30. The number of methoxy groups -OCH3 is 1. The SMILES string of the molecule is COc1cc(C(O)(C(F)(F)F)C(F)(F)F)ccc1-n1c(Cc2ccccc2)nc2ccccc2c1=O. The summed E-state index contributed by atoms with van der Waals surface area (Å²) in [6.45, 7) is 0. The van der Waals surface area contributed by atoms with Crippen LogP contribution in [0.3, 0.4) is 0 Å². The number of halogens is 6. The van der Waals surface area contributed by atoms with Crippen LogP contribution in [0.15, 0.2) is 77.6 Å². The van der Waals surface area contributed by atoms with Crippen LogP contribution in [0.25, 0.3) is 16.6 Å². The largest absolute Gasteiger partial charge is 0.495 e. The van der Waals surface area contributed by atoms with Crippen molar-refractivity contribution in [1.29, 1.82) is 0 Å². The zero-order chi connectivity index (χ0) is 26.3. The standard InChI is InChI=1S/C25H18F6N2O3/c1-36-20-14-16(23(35,24(26,27)28)25(29,30)31)11-12-19(20)33-21(13-15-7-3-2-4-8-15)32-18-10-6-5-9-17(18)22(33)34/h2-12,14,35H,13H2,1H3. The number of rotatable bonds is 5. The number of para-hydroxylation sites is 1. The van der Waals surface area contributed by atoms with Crippen LogP contribution in [0.2, 0.25) is 0 Å². The Morgan fingerprint density at radius 1 is 0.889 bits per heavy atom. The van der Waals surface area contributed by atoms with Gasteiger partial charge in [0, 0.05) is 12.0 Å². The van der Waals surface area contributed by atoms with Crippen LogP contribution in [0.5, 0.6) is 5.75 Å². The number of ether oxygens (including phenoxy) is 1. The first-order valence-corrected chi connectivity index (χ1v) is 10.5. The third kappa shape index (κ3) is 4.19. The van der Waals surface area contributed by atoms with Crippen LogP contribution < -0.4 is 10.3 Å². The summed E-state index contributed by atoms with van der Waals surface area (Å²) in [7, 11) is 1.03. The zero-order valence-corrected chi connectivity index (χ0v) is 18.6. The molecule has 1 aromatic heterocycles. The predicted molar refractivity (Wildman–Crippen MR) is 119 cm³/mol. The van der Waals surface area contributed by atoms with Crippen molar-refractivity contribution in [2.24, 2.45) is 0 Å². The Hall–Kier alpha value is -3.86. The van der Waals surface area contributed by atoms with E-state index in [1.165, 1.54) is 6.07 Å². The van der Waals surface area contributed by atoms with E-state index in [-0.39, 0.29) is 23.3 Å². The Morgan fingerprint density at radius 2 is 1.50 bits per heavy atom. The van der Waals surface area contributed by atoms with Crippen molar-refractivity contribution in [2.45, 2.75) is 24.4 Å². The van der Waals surface area contributed by atoms with E-state index in [9.17, 15) is 36.2 Å². The summed E-state index contributed by atoms with van der Waals surface area (Å²) >= 11 is 0. The average molecular weight is 508 g/mol. The van der Waals surface area contributed by atoms with Gasteiger partial charge in [-0.2, -0.15) is 26.3 Å². The highest BCUT2D eigenvalue weighted by Crippen LogP contribution is 2.50. The molecule has 0 aliphatic carbocycles. The number of fused-ring (bicyclic) bond motifs is 1. The maximum Gasteiger partial charge on any atom is 0.430 e. The number of hydrogen-bond donors (Lipinski definition) is 1. The van der Waals surface area contributed by atoms with Gasteiger partial charge in [0.25, 0.3) is 11.2 Å². The maximum atomic E-state index is 13.5. The van der Waals surface area contributed by atoms with Crippen molar-refractivity contribution in [3.05, 3.63) is 100 Å². The fourth-order valence-electron chi connectivity index (χ4n) is 3.90. The first-order valence-electron chi connectivity index (χ1n) is 10.5. The maximum absolute atomic E-state index is 13.5. The van der Waals surface area contributed by atoms with E-state index in [1.807, 2.05) is 0 Å². The molecule has 0 bridgehead atoms. The number of hydrogen-bond acceptors (Lipinski definition) is 4. The van der Waals surface area contributed by atoms with E-state index in [4.69, 9.17) is 4.74 Å². The molecule has 0 saturated carbocycles. The van der Waals surface area contributed by atoms with Crippen molar-refractivity contribution >= 4 is 10.9 Å². The lowest BCUT2D eigenvalue weighted by Crippen LogP contribution is -2.53. The van der Waals surface area contributed by atoms with E-state index in [2.05, 4.69) is 4.98 Å². The summed E-state index contributed by atoms with van der Waals surface area (Å²) in [5.41, 5.74) is -6.27. The van der Waals surface area contributed by atoms with Crippen molar-refractivity contribution < 1.29 is 36.2 Å². The van der Waals surface area contributed by atoms with Gasteiger partial charge in [-0.15, -0.1) is 0 Å². The fraction of sp³-hybridized carbons (Fsp3) is 0.200. The Morgan fingerprint density at radius 3 is 2.11 bits per heavy atom. The number of benzene rings is 3. The molecule has 1 N–H and O–H groups in total. The van der Waals surface area contributed by atoms with Gasteiger partial charge >= 0.3 is 12.4 Å². The van der Waals surface area contributed by atoms with E-state index < -0.39 is 34.8 Å². The van der Waals surface area contributed by atoms with Crippen LogP contribution >= 0.6 is 0 Å². The zero-order valence-electron chi connectivity index (χ0n) is 18.6. The lowest BCUT2D eigenvalue weighted by molar-refractivity contribution is -0.376. The molecule has 4 rings (SSSR count). The van der Waals surface area contributed by atoms with Crippen LogP contribution in [-0.2, 0) is 12.0 Å². The molecule has 11 heteroatoms. The third-order valence-corrected chi connectivity index (χ3v) is 5.71. The Kier molecular flexibility index (Phi) is 6.29. The molecule has 5 nitrogen and oxygen atoms in total. The van der Waals surface area contributed by atoms with Gasteiger partial charge in [-0.25, -0.2) is 4.98 Å². The van der Waals surface area contributed by atoms with Gasteiger partial charge in [0.05, 0.1) is 23.7 Å². The number of aromatic nitrogens is 2. The first-order chi connectivity index (χ1) is 16.9. The first kappa shape index (κ1) is 25.2. The van der Waals surface area contributed by atoms with Crippen LogP contribution in [0.4, 0.5) is 26.3 Å². The van der Waals surface area contributed by atoms with Gasteiger partial charge < -0.3 is 9.84 Å². The second-order valence-electron chi connectivity index (χ2n) is 7.94. The highest BCUT2D eigenvalue weighted by molar-refractivity contribution is 5.78. The van der Waals surface area contributed by atoms with Crippen molar-refractivity contribution in [3.63, 3.8) is 0 Å². The molecular weight excluding hydrogens is 490 g/mol. The van der Waals surface area contributed by atoms with E-state index >= 15 is 0 Å². The number of alkyl halides is 6. The van der Waals surface area contributed by atoms with Crippen molar-refractivity contribution in [3.8, 4) is 11.4 Å². The monoisotopic (exact) mass is 508 g/mol. The molecular formula is C25H18F6N2O3. The van der Waals surface area contributed by atoms with Crippen LogP contribution in [-0.4, -0.2) is 34.1 Å². The smallest absolute Gasteiger partial charge is 0.430 e. The minimum absolute atomic E-state index is 0.126. The van der Waals surface area contributed by atoms with Crippen LogP contribution in [0.1, 0.15) is 17.0 Å². The summed E-state index contributed by atoms with van der Waals surface area (Å²) in [6.07, 6.45) is -12.0. The Bertz CT molecular complexity index is 1450. The molecule has 0 spiro atoms. The van der Waals surface area contributed by atoms with Crippen molar-refractivity contribution in [1.82, 2.24) is 9.55 Å². The molecule has 0 aliphatic heterocycles. The summed E-state index contributed by atoms with van der Waals surface area (Å²) < 4.78 is 86.7. The molecule has 0 atom stereocenters. The minimum atomic E-state index is -6.07. The van der Waals surface area contributed by atoms with Gasteiger partial charge in [0.1, 0.15) is 11.6 Å². The van der Waals surface area contributed by atoms with Crippen LogP contribution in [0, 0.1) is 0 Å². The highest BCUT2D eigenvalue weighted by Gasteiger charge is 2.71. The van der Waals surface area contributed by atoms with Gasteiger partial charge in [0.2, 0.25) is 0 Å². The molecule has 1 heterocycles. The van der Waals surface area contributed by atoms with Crippen molar-refractivity contribution in [2.75, 3.05) is 7.11 Å². The summed E-state index contributed by atoms with van der Waals surface area (Å²) in [6, 6.07) is 17.0. The molecule has 0 saturated heterocycles. The van der Waals surface area contributed by atoms with Gasteiger partial charge in [-0.1, -0.05) is 48.5 Å². The lowest BCUT2D eigenvalue weighted by Gasteiger charge is -2.33. The summed E-state index contributed by atoms with van der Waals surface area (Å²) in [5, 5.41) is 9.98. The third-order valence-electron chi connectivity index (χ3n) is 5.71. The molecule has 188 valence electrons. The Balaban J connectivity index is 1.98. The molecule has 3 aromatic carbocycles. The molecule has 36 heavy (non-hydrogen) atoms. The average Bonchev–Trinajstić information content (AvgIpc) is 2.83. The summed E-state index contributed by atoms with van der Waals surface area (Å²) in [5.74, 6) is -0.314. The molecule has 0 amide bonds. The van der Waals surface area contributed by atoms with E-state index in [0.29, 0.717) is 17.6 Å². The minimum Gasteiger partial charge on any atom is -0.495 e. The fourth-order valence-corrected chi connectivity index (χ4v) is 3.90. The Labute approximate surface area is 200 Å². The molecule has 0 fully saturated rings. The number of aliphatic hydroxyl groups is 1. The van der Waals surface area contributed by atoms with E-state index in [1.54, 1.807) is 48.5 Å². The second-order valence-corrected chi connectivity index (χ2v) is 7.94. The lowest BCUT2D eigenvalue weighted by atomic mass is 9.91. The molecule has 0 radical (unpaired) electrons.